The number of hydrogen-bond acceptors (Lipinski definition) is 5. The van der Waals surface area contributed by atoms with E-state index in [1.54, 1.807) is 20.5 Å². The minimum absolute atomic E-state index is 0.00775. The Hall–Kier alpha value is -1.59. The Labute approximate surface area is 135 Å². The maximum atomic E-state index is 6.36. The third-order valence-electron chi connectivity index (χ3n) is 5.37. The molecular formula is C18H23NO4. The summed E-state index contributed by atoms with van der Waals surface area (Å²) >= 11 is 0. The molecule has 0 bridgehead atoms. The number of methoxy groups -OCH3 is 2. The number of rotatable bonds is 2. The highest BCUT2D eigenvalue weighted by Gasteiger charge is 2.53. The van der Waals surface area contributed by atoms with Crippen molar-refractivity contribution >= 4 is 11.1 Å². The van der Waals surface area contributed by atoms with E-state index in [-0.39, 0.29) is 11.7 Å². The van der Waals surface area contributed by atoms with E-state index in [4.69, 9.17) is 23.6 Å². The molecule has 2 aromatic heterocycles. The fourth-order valence-corrected chi connectivity index (χ4v) is 4.17. The fraction of sp³-hybridized carbons (Fsp3) is 0.611. The van der Waals surface area contributed by atoms with Crippen LogP contribution >= 0.6 is 0 Å². The maximum absolute atomic E-state index is 6.36. The molecule has 2 atom stereocenters. The summed E-state index contributed by atoms with van der Waals surface area (Å²) in [5.74, 6) is 0.860. The molecule has 0 unspecified atom stereocenters. The third-order valence-corrected chi connectivity index (χ3v) is 5.37. The van der Waals surface area contributed by atoms with Gasteiger partial charge >= 0.3 is 0 Å². The first-order valence-corrected chi connectivity index (χ1v) is 8.18. The van der Waals surface area contributed by atoms with Crippen LogP contribution in [0.2, 0.25) is 0 Å². The molecule has 0 spiro atoms. The van der Waals surface area contributed by atoms with Crippen LogP contribution in [0.4, 0.5) is 0 Å². The lowest BCUT2D eigenvalue weighted by molar-refractivity contribution is -0.230. The highest BCUT2D eigenvalue weighted by molar-refractivity contribution is 5.83. The van der Waals surface area contributed by atoms with E-state index in [9.17, 15) is 0 Å². The molecule has 2 aromatic rings. The number of ether oxygens (including phenoxy) is 3. The molecule has 4 rings (SSSR count). The van der Waals surface area contributed by atoms with E-state index < -0.39 is 5.60 Å². The zero-order valence-electron chi connectivity index (χ0n) is 14.1. The molecule has 1 aliphatic carbocycles. The molecule has 124 valence electrons. The smallest absolute Gasteiger partial charge is 0.229 e. The van der Waals surface area contributed by atoms with E-state index in [1.165, 1.54) is 0 Å². The topological polar surface area (TPSA) is 53.7 Å². The summed E-state index contributed by atoms with van der Waals surface area (Å²) in [6, 6.07) is 1.91. The number of pyridine rings is 1. The molecule has 0 aromatic carbocycles. The Morgan fingerprint density at radius 2 is 2.09 bits per heavy atom. The van der Waals surface area contributed by atoms with Crippen molar-refractivity contribution in [2.24, 2.45) is 0 Å². The number of aromatic nitrogens is 1. The zero-order chi connectivity index (χ0) is 16.2. The van der Waals surface area contributed by atoms with Gasteiger partial charge in [-0.2, -0.15) is 0 Å². The van der Waals surface area contributed by atoms with Gasteiger partial charge < -0.3 is 18.6 Å². The molecule has 1 aliphatic heterocycles. The van der Waals surface area contributed by atoms with Gasteiger partial charge in [0.1, 0.15) is 11.4 Å². The molecule has 0 saturated carbocycles. The number of fused-ring (bicyclic) bond motifs is 4. The van der Waals surface area contributed by atoms with E-state index in [2.05, 4.69) is 13.8 Å². The van der Waals surface area contributed by atoms with Crippen LogP contribution in [0.25, 0.3) is 11.1 Å². The Morgan fingerprint density at radius 1 is 1.26 bits per heavy atom. The Kier molecular flexibility index (Phi) is 3.22. The van der Waals surface area contributed by atoms with E-state index in [1.807, 2.05) is 6.07 Å². The van der Waals surface area contributed by atoms with Gasteiger partial charge in [-0.05, 0) is 45.6 Å². The van der Waals surface area contributed by atoms with Crippen molar-refractivity contribution in [1.82, 2.24) is 4.98 Å². The number of nitrogens with zero attached hydrogens (tertiary/aromatic N) is 1. The molecule has 3 heterocycles. The summed E-state index contributed by atoms with van der Waals surface area (Å²) in [7, 11) is 3.46. The first-order valence-electron chi connectivity index (χ1n) is 8.18. The van der Waals surface area contributed by atoms with Crippen molar-refractivity contribution in [3.8, 4) is 5.75 Å². The lowest BCUT2D eigenvalue weighted by atomic mass is 9.73. The number of furan rings is 1. The normalized spacial score (nSPS) is 29.1. The summed E-state index contributed by atoms with van der Waals surface area (Å²) in [4.78, 5) is 4.81. The van der Waals surface area contributed by atoms with Crippen molar-refractivity contribution in [2.75, 3.05) is 14.2 Å². The van der Waals surface area contributed by atoms with E-state index in [0.717, 1.165) is 48.1 Å². The summed E-state index contributed by atoms with van der Waals surface area (Å²) in [6.45, 7) is 4.29. The van der Waals surface area contributed by atoms with Gasteiger partial charge in [0.25, 0.3) is 0 Å². The van der Waals surface area contributed by atoms with Gasteiger partial charge in [0, 0.05) is 12.7 Å². The molecule has 5 nitrogen and oxygen atoms in total. The van der Waals surface area contributed by atoms with Crippen LogP contribution < -0.4 is 4.74 Å². The summed E-state index contributed by atoms with van der Waals surface area (Å²) < 4.78 is 23.6. The predicted molar refractivity (Wildman–Crippen MR) is 85.8 cm³/mol. The minimum Gasteiger partial charge on any atom is -0.496 e. The lowest BCUT2D eigenvalue weighted by Gasteiger charge is -2.51. The van der Waals surface area contributed by atoms with Crippen LogP contribution in [-0.2, 0) is 21.5 Å². The molecule has 0 amide bonds. The largest absolute Gasteiger partial charge is 0.496 e. The summed E-state index contributed by atoms with van der Waals surface area (Å²) in [5, 5.41) is 0.924. The first-order chi connectivity index (χ1) is 11.0. The van der Waals surface area contributed by atoms with Crippen molar-refractivity contribution in [2.45, 2.75) is 56.8 Å². The van der Waals surface area contributed by atoms with Crippen LogP contribution in [0.15, 0.2) is 16.7 Å². The van der Waals surface area contributed by atoms with Crippen molar-refractivity contribution < 1.29 is 18.6 Å². The van der Waals surface area contributed by atoms with Gasteiger partial charge in [0.15, 0.2) is 0 Å². The second-order valence-corrected chi connectivity index (χ2v) is 7.11. The summed E-state index contributed by atoms with van der Waals surface area (Å²) in [6.07, 6.45) is 5.26. The van der Waals surface area contributed by atoms with Crippen LogP contribution in [0.1, 0.15) is 44.4 Å². The predicted octanol–water partition coefficient (Wildman–Crippen LogP) is 3.58. The average molecular weight is 317 g/mol. The van der Waals surface area contributed by atoms with Gasteiger partial charge in [0.2, 0.25) is 5.71 Å². The zero-order valence-corrected chi connectivity index (χ0v) is 14.1. The van der Waals surface area contributed by atoms with Crippen molar-refractivity contribution in [3.63, 3.8) is 0 Å². The Bertz CT molecular complexity index is 751. The monoisotopic (exact) mass is 317 g/mol. The van der Waals surface area contributed by atoms with Crippen LogP contribution in [-0.4, -0.2) is 30.9 Å². The molecule has 2 aliphatic rings. The molecular weight excluding hydrogens is 294 g/mol. The molecule has 5 heteroatoms. The fourth-order valence-electron chi connectivity index (χ4n) is 4.17. The Morgan fingerprint density at radius 3 is 2.83 bits per heavy atom. The summed E-state index contributed by atoms with van der Waals surface area (Å²) in [5.41, 5.74) is 2.01. The number of hydrogen-bond donors (Lipinski definition) is 0. The van der Waals surface area contributed by atoms with Gasteiger partial charge in [-0.1, -0.05) is 0 Å². The lowest BCUT2D eigenvalue weighted by Crippen LogP contribution is -2.55. The molecule has 1 fully saturated rings. The average Bonchev–Trinajstić information content (AvgIpc) is 3.00. The van der Waals surface area contributed by atoms with Crippen molar-refractivity contribution in [1.29, 1.82) is 0 Å². The molecule has 1 saturated heterocycles. The second-order valence-electron chi connectivity index (χ2n) is 7.11. The molecule has 0 radical (unpaired) electrons. The third kappa shape index (κ3) is 2.03. The first kappa shape index (κ1) is 15.0. The van der Waals surface area contributed by atoms with Crippen LogP contribution in [0, 0.1) is 0 Å². The van der Waals surface area contributed by atoms with Gasteiger partial charge in [-0.15, -0.1) is 0 Å². The molecule has 23 heavy (non-hydrogen) atoms. The van der Waals surface area contributed by atoms with E-state index >= 15 is 0 Å². The molecule has 0 N–H and O–H groups in total. The quantitative estimate of drug-likeness (QED) is 0.847. The van der Waals surface area contributed by atoms with Crippen molar-refractivity contribution in [3.05, 3.63) is 23.6 Å². The second kappa shape index (κ2) is 4.95. The maximum Gasteiger partial charge on any atom is 0.229 e. The SMILES string of the molecule is COc1c2c(nc3occc13)[C@@]1(OC)CCC(C)(C)O[C@H]1CC2. The Balaban J connectivity index is 1.93. The highest BCUT2D eigenvalue weighted by Crippen LogP contribution is 2.51. The minimum atomic E-state index is -0.517. The standard InChI is InChI=1S/C18H23NO4/c1-17(2)8-9-18(21-4)13(23-17)6-5-11-14(20-3)12-7-10-22-16(12)19-15(11)18/h7,10,13H,5-6,8-9H2,1-4H3/t13-,18+/m0/s1. The van der Waals surface area contributed by atoms with Gasteiger partial charge in [-0.25, -0.2) is 4.98 Å². The van der Waals surface area contributed by atoms with Crippen LogP contribution in [0.5, 0.6) is 5.75 Å². The van der Waals surface area contributed by atoms with Gasteiger partial charge in [0.05, 0.1) is 36.2 Å². The van der Waals surface area contributed by atoms with Gasteiger partial charge in [-0.3, -0.25) is 0 Å². The van der Waals surface area contributed by atoms with Crippen LogP contribution in [0.3, 0.4) is 0 Å². The highest BCUT2D eigenvalue weighted by atomic mass is 16.6. The van der Waals surface area contributed by atoms with E-state index in [0.29, 0.717) is 5.71 Å².